The van der Waals surface area contributed by atoms with Gasteiger partial charge < -0.3 is 0 Å². The van der Waals surface area contributed by atoms with Crippen molar-refractivity contribution in [3.8, 4) is 6.07 Å². The van der Waals surface area contributed by atoms with Crippen molar-refractivity contribution in [2.45, 2.75) is 32.7 Å². The summed E-state index contributed by atoms with van der Waals surface area (Å²) in [6.45, 7) is 6.92. The summed E-state index contributed by atoms with van der Waals surface area (Å²) in [7, 11) is 0. The molecule has 0 amide bonds. The van der Waals surface area contributed by atoms with Crippen molar-refractivity contribution < 1.29 is 0 Å². The highest BCUT2D eigenvalue weighted by Gasteiger charge is 2.30. The first kappa shape index (κ1) is 12.8. The van der Waals surface area contributed by atoms with Crippen LogP contribution in [0, 0.1) is 17.2 Å². The molecule has 1 atom stereocenters. The first-order valence-electron chi connectivity index (χ1n) is 4.80. The van der Waals surface area contributed by atoms with E-state index in [1.165, 1.54) is 0 Å². The van der Waals surface area contributed by atoms with Gasteiger partial charge in [0.25, 0.3) is 0 Å². The average Bonchev–Trinajstić information content (AvgIpc) is 2.18. The minimum atomic E-state index is -0.495. The van der Waals surface area contributed by atoms with Crippen molar-refractivity contribution in [1.82, 2.24) is 5.32 Å². The molecule has 0 spiro atoms. The minimum absolute atomic E-state index is 0.239. The molecule has 5 nitrogen and oxygen atoms in total. The Hall–Kier alpha value is -1.24. The summed E-state index contributed by atoms with van der Waals surface area (Å²) in [5.41, 5.74) is 7.59. The van der Waals surface area contributed by atoms with Gasteiger partial charge in [-0.05, 0) is 17.9 Å². The first-order chi connectivity index (χ1) is 6.63. The van der Waals surface area contributed by atoms with E-state index >= 15 is 0 Å². The van der Waals surface area contributed by atoms with Crippen LogP contribution in [0.1, 0.15) is 27.2 Å². The van der Waals surface area contributed by atoms with Crippen LogP contribution in [-0.2, 0) is 0 Å². The van der Waals surface area contributed by atoms with E-state index in [0.717, 1.165) is 6.42 Å². The zero-order valence-electron chi connectivity index (χ0n) is 8.99. The number of nitriles is 1. The van der Waals surface area contributed by atoms with E-state index in [0.29, 0.717) is 13.1 Å². The fourth-order valence-corrected chi connectivity index (χ4v) is 1.36. The summed E-state index contributed by atoms with van der Waals surface area (Å²) in [5.74, 6) is 0.239. The Morgan fingerprint density at radius 1 is 1.64 bits per heavy atom. The molecule has 0 heterocycles. The Balaban J connectivity index is 4.24. The largest absolute Gasteiger partial charge is 0.299 e. The summed E-state index contributed by atoms with van der Waals surface area (Å²) < 4.78 is 0. The predicted octanol–water partition coefficient (Wildman–Crippen LogP) is 2.21. The fraction of sp³-hybridized carbons (Fsp3) is 0.889. The zero-order valence-corrected chi connectivity index (χ0v) is 8.99. The third-order valence-corrected chi connectivity index (χ3v) is 2.46. The Morgan fingerprint density at radius 3 is 2.64 bits per heavy atom. The number of nitrogens with zero attached hydrogens (tertiary/aromatic N) is 4. The lowest BCUT2D eigenvalue weighted by Crippen LogP contribution is -2.48. The average molecular weight is 195 g/mol. The molecular formula is C9H17N5. The lowest BCUT2D eigenvalue weighted by atomic mass is 9.85. The molecule has 0 bridgehead atoms. The maximum absolute atomic E-state index is 9.09. The maximum atomic E-state index is 9.09. The Morgan fingerprint density at radius 2 is 2.29 bits per heavy atom. The molecule has 0 saturated carbocycles. The van der Waals surface area contributed by atoms with E-state index in [9.17, 15) is 0 Å². The number of rotatable bonds is 6. The SMILES string of the molecule is CCC(C#N)(NCCN=[N+]=[N-])C(C)C. The van der Waals surface area contributed by atoms with Gasteiger partial charge in [0.05, 0.1) is 6.07 Å². The van der Waals surface area contributed by atoms with E-state index in [4.69, 9.17) is 10.8 Å². The summed E-state index contributed by atoms with van der Waals surface area (Å²) in [6, 6.07) is 2.30. The summed E-state index contributed by atoms with van der Waals surface area (Å²) in [4.78, 5) is 2.65. The summed E-state index contributed by atoms with van der Waals surface area (Å²) in [6.07, 6.45) is 0.747. The van der Waals surface area contributed by atoms with E-state index < -0.39 is 5.54 Å². The van der Waals surface area contributed by atoms with E-state index in [2.05, 4.69) is 21.4 Å². The molecule has 0 saturated heterocycles. The monoisotopic (exact) mass is 195 g/mol. The van der Waals surface area contributed by atoms with Gasteiger partial charge in [-0.25, -0.2) is 0 Å². The van der Waals surface area contributed by atoms with E-state index in [-0.39, 0.29) is 5.92 Å². The van der Waals surface area contributed by atoms with Crippen LogP contribution in [0.4, 0.5) is 0 Å². The molecule has 0 rings (SSSR count). The molecule has 0 fully saturated rings. The van der Waals surface area contributed by atoms with Crippen LogP contribution < -0.4 is 5.32 Å². The second-order valence-corrected chi connectivity index (χ2v) is 3.47. The molecule has 14 heavy (non-hydrogen) atoms. The van der Waals surface area contributed by atoms with Crippen LogP contribution in [0.15, 0.2) is 5.11 Å². The second-order valence-electron chi connectivity index (χ2n) is 3.47. The number of azide groups is 1. The van der Waals surface area contributed by atoms with Crippen LogP contribution >= 0.6 is 0 Å². The molecule has 0 aromatic rings. The lowest BCUT2D eigenvalue weighted by Gasteiger charge is -2.30. The molecule has 0 aliphatic rings. The molecule has 0 aromatic carbocycles. The van der Waals surface area contributed by atoms with Gasteiger partial charge in [0.15, 0.2) is 0 Å². The zero-order chi connectivity index (χ0) is 11.0. The maximum Gasteiger partial charge on any atom is 0.108 e. The normalized spacial score (nSPS) is 14.2. The van der Waals surface area contributed by atoms with E-state index in [1.807, 2.05) is 20.8 Å². The van der Waals surface area contributed by atoms with Gasteiger partial charge >= 0.3 is 0 Å². The van der Waals surface area contributed by atoms with Gasteiger partial charge in [-0.1, -0.05) is 25.9 Å². The van der Waals surface area contributed by atoms with Crippen LogP contribution in [0.5, 0.6) is 0 Å². The van der Waals surface area contributed by atoms with Gasteiger partial charge in [-0.3, -0.25) is 5.32 Å². The molecule has 0 aromatic heterocycles. The van der Waals surface area contributed by atoms with Crippen molar-refractivity contribution in [3.05, 3.63) is 10.4 Å². The van der Waals surface area contributed by atoms with Crippen molar-refractivity contribution in [2.24, 2.45) is 11.0 Å². The third-order valence-electron chi connectivity index (χ3n) is 2.46. The highest BCUT2D eigenvalue weighted by Crippen LogP contribution is 2.19. The van der Waals surface area contributed by atoms with E-state index in [1.54, 1.807) is 0 Å². The summed E-state index contributed by atoms with van der Waals surface area (Å²) >= 11 is 0. The standard InChI is InChI=1S/C9H17N5/c1-4-9(7-10,8(2)3)12-5-6-13-14-11/h8,12H,4-6H2,1-3H3. The highest BCUT2D eigenvalue weighted by atomic mass is 15.1. The molecular weight excluding hydrogens is 178 g/mol. The van der Waals surface area contributed by atoms with Gasteiger partial charge in [0.1, 0.15) is 5.54 Å². The molecule has 0 radical (unpaired) electrons. The van der Waals surface area contributed by atoms with Gasteiger partial charge in [-0.2, -0.15) is 5.26 Å². The quantitative estimate of drug-likeness (QED) is 0.305. The van der Waals surface area contributed by atoms with Crippen LogP contribution in [0.3, 0.4) is 0 Å². The molecule has 1 N–H and O–H groups in total. The molecule has 0 aliphatic heterocycles. The molecule has 1 unspecified atom stereocenters. The van der Waals surface area contributed by atoms with Crippen LogP contribution in [0.2, 0.25) is 0 Å². The first-order valence-corrected chi connectivity index (χ1v) is 4.80. The molecule has 5 heteroatoms. The van der Waals surface area contributed by atoms with Crippen molar-refractivity contribution in [2.75, 3.05) is 13.1 Å². The van der Waals surface area contributed by atoms with Crippen molar-refractivity contribution in [1.29, 1.82) is 5.26 Å². The van der Waals surface area contributed by atoms with Gasteiger partial charge in [0, 0.05) is 18.0 Å². The number of nitrogens with one attached hydrogen (secondary N) is 1. The van der Waals surface area contributed by atoms with Crippen molar-refractivity contribution in [3.63, 3.8) is 0 Å². The van der Waals surface area contributed by atoms with Gasteiger partial charge in [-0.15, -0.1) is 0 Å². The predicted molar refractivity (Wildman–Crippen MR) is 55.5 cm³/mol. The highest BCUT2D eigenvalue weighted by molar-refractivity contribution is 5.08. The fourth-order valence-electron chi connectivity index (χ4n) is 1.36. The minimum Gasteiger partial charge on any atom is -0.299 e. The Kier molecular flexibility index (Phi) is 5.70. The Labute approximate surface area is 84.7 Å². The third kappa shape index (κ3) is 3.25. The van der Waals surface area contributed by atoms with Crippen molar-refractivity contribution >= 4 is 0 Å². The van der Waals surface area contributed by atoms with Gasteiger partial charge in [0.2, 0.25) is 0 Å². The van der Waals surface area contributed by atoms with Crippen LogP contribution in [0.25, 0.3) is 10.4 Å². The summed E-state index contributed by atoms with van der Waals surface area (Å²) in [5, 5.41) is 15.6. The smallest absolute Gasteiger partial charge is 0.108 e. The topological polar surface area (TPSA) is 84.6 Å². The number of hydrogen-bond acceptors (Lipinski definition) is 3. The number of hydrogen-bond donors (Lipinski definition) is 1. The molecule has 0 aliphatic carbocycles. The molecule has 78 valence electrons. The second kappa shape index (κ2) is 6.25. The lowest BCUT2D eigenvalue weighted by molar-refractivity contribution is 0.304. The Bertz CT molecular complexity index is 248. The van der Waals surface area contributed by atoms with Crippen LogP contribution in [-0.4, -0.2) is 18.6 Å².